The number of benzene rings is 1. The van der Waals surface area contributed by atoms with Gasteiger partial charge in [0.2, 0.25) is 0 Å². The van der Waals surface area contributed by atoms with Gasteiger partial charge in [-0.05, 0) is 24.1 Å². The molecule has 3 nitrogen and oxygen atoms in total. The molecule has 1 aliphatic rings. The Hall–Kier alpha value is -1.06. The van der Waals surface area contributed by atoms with Gasteiger partial charge in [0.25, 0.3) is 0 Å². The summed E-state index contributed by atoms with van der Waals surface area (Å²) in [7, 11) is 0. The van der Waals surface area contributed by atoms with Crippen LogP contribution in [0.25, 0.3) is 0 Å². The van der Waals surface area contributed by atoms with E-state index in [0.29, 0.717) is 11.8 Å². The molecule has 64 valence electrons. The minimum atomic E-state index is 0.324. The van der Waals surface area contributed by atoms with Crippen molar-refractivity contribution >= 4 is 0 Å². The summed E-state index contributed by atoms with van der Waals surface area (Å²) in [6.07, 6.45) is 1.10. The maximum Gasteiger partial charge on any atom is 0.115 e. The Labute approximate surface area is 71.4 Å². The summed E-state index contributed by atoms with van der Waals surface area (Å²) >= 11 is 0. The lowest BCUT2D eigenvalue weighted by Gasteiger charge is -2.08. The number of hydrogen-bond acceptors (Lipinski definition) is 3. The van der Waals surface area contributed by atoms with E-state index in [-0.39, 0.29) is 0 Å². The number of phenolic OH excluding ortho intramolecular Hbond substituents is 1. The molecule has 0 radical (unpaired) electrons. The van der Waals surface area contributed by atoms with Gasteiger partial charge in [0.05, 0.1) is 0 Å². The fourth-order valence-electron chi connectivity index (χ4n) is 1.44. The second-order valence-electron chi connectivity index (χ2n) is 3.00. The summed E-state index contributed by atoms with van der Waals surface area (Å²) in [5.41, 5.74) is 7.45. The van der Waals surface area contributed by atoms with Gasteiger partial charge in [-0.25, -0.2) is 0 Å². The summed E-state index contributed by atoms with van der Waals surface area (Å²) < 4.78 is 0. The number of hydrogen-bond donors (Lipinski definition) is 3. The van der Waals surface area contributed by atoms with Gasteiger partial charge in [0.15, 0.2) is 0 Å². The molecule has 1 heterocycles. The molecule has 0 saturated carbocycles. The third kappa shape index (κ3) is 1.42. The number of aromatic hydroxyl groups is 1. The Bertz CT molecular complexity index is 252. The van der Waals surface area contributed by atoms with Gasteiger partial charge in [-0.2, -0.15) is 0 Å². The monoisotopic (exact) mass is 164 g/mol. The van der Waals surface area contributed by atoms with Crippen LogP contribution in [0.3, 0.4) is 0 Å². The smallest absolute Gasteiger partial charge is 0.115 e. The number of rotatable bonds is 1. The first-order valence-corrected chi connectivity index (χ1v) is 4.13. The first-order valence-electron chi connectivity index (χ1n) is 4.13. The zero-order valence-corrected chi connectivity index (χ0v) is 6.75. The van der Waals surface area contributed by atoms with Crippen LogP contribution in [0.15, 0.2) is 24.3 Å². The van der Waals surface area contributed by atoms with Crippen molar-refractivity contribution in [3.8, 4) is 5.75 Å². The van der Waals surface area contributed by atoms with Crippen LogP contribution in [-0.4, -0.2) is 11.7 Å². The molecule has 1 aromatic rings. The third-order valence-corrected chi connectivity index (χ3v) is 2.13. The van der Waals surface area contributed by atoms with Crippen molar-refractivity contribution in [2.45, 2.75) is 12.5 Å². The van der Waals surface area contributed by atoms with E-state index in [2.05, 4.69) is 10.9 Å². The van der Waals surface area contributed by atoms with Crippen molar-refractivity contribution in [3.63, 3.8) is 0 Å². The molecule has 0 aliphatic carbocycles. The normalized spacial score (nSPS) is 22.8. The lowest BCUT2D eigenvalue weighted by Crippen LogP contribution is -2.24. The van der Waals surface area contributed by atoms with Crippen molar-refractivity contribution in [1.29, 1.82) is 0 Å². The molecular formula is C9H12N2O. The van der Waals surface area contributed by atoms with E-state index >= 15 is 0 Å². The molecule has 1 atom stereocenters. The van der Waals surface area contributed by atoms with Crippen LogP contribution in [0, 0.1) is 0 Å². The highest BCUT2D eigenvalue weighted by Gasteiger charge is 2.14. The lowest BCUT2D eigenvalue weighted by atomic mass is 10.1. The summed E-state index contributed by atoms with van der Waals surface area (Å²) in [4.78, 5) is 0. The van der Waals surface area contributed by atoms with Gasteiger partial charge < -0.3 is 5.11 Å². The Kier molecular flexibility index (Phi) is 1.98. The largest absolute Gasteiger partial charge is 0.508 e. The average Bonchev–Trinajstić information content (AvgIpc) is 2.58. The molecular weight excluding hydrogens is 152 g/mol. The summed E-state index contributed by atoms with van der Waals surface area (Å²) in [5, 5.41) is 9.06. The fourth-order valence-corrected chi connectivity index (χ4v) is 1.44. The van der Waals surface area contributed by atoms with E-state index in [1.54, 1.807) is 12.1 Å². The third-order valence-electron chi connectivity index (χ3n) is 2.13. The van der Waals surface area contributed by atoms with Gasteiger partial charge in [-0.15, -0.1) is 0 Å². The van der Waals surface area contributed by atoms with E-state index in [1.807, 2.05) is 12.1 Å². The quantitative estimate of drug-likeness (QED) is 0.578. The molecule has 0 bridgehead atoms. The predicted octanol–water partition coefficient (Wildman–Crippen LogP) is 0.931. The van der Waals surface area contributed by atoms with Gasteiger partial charge >= 0.3 is 0 Å². The van der Waals surface area contributed by atoms with E-state index in [0.717, 1.165) is 13.0 Å². The lowest BCUT2D eigenvalue weighted by molar-refractivity contribution is 0.474. The van der Waals surface area contributed by atoms with Gasteiger partial charge in [-0.1, -0.05) is 12.1 Å². The zero-order chi connectivity index (χ0) is 8.39. The molecule has 1 aliphatic heterocycles. The zero-order valence-electron chi connectivity index (χ0n) is 6.75. The van der Waals surface area contributed by atoms with Crippen LogP contribution in [-0.2, 0) is 0 Å². The molecule has 3 N–H and O–H groups in total. The molecule has 0 amide bonds. The highest BCUT2D eigenvalue weighted by molar-refractivity contribution is 5.28. The fraction of sp³-hybridized carbons (Fsp3) is 0.333. The Morgan fingerprint density at radius 3 is 2.58 bits per heavy atom. The van der Waals surface area contributed by atoms with Crippen molar-refractivity contribution in [3.05, 3.63) is 29.8 Å². The number of nitrogens with one attached hydrogen (secondary N) is 2. The van der Waals surface area contributed by atoms with Crippen molar-refractivity contribution < 1.29 is 5.11 Å². The molecule has 0 spiro atoms. The Balaban J connectivity index is 2.17. The second kappa shape index (κ2) is 3.13. The second-order valence-corrected chi connectivity index (χ2v) is 3.00. The summed E-state index contributed by atoms with van der Waals surface area (Å²) in [5.74, 6) is 0.324. The Morgan fingerprint density at radius 2 is 2.00 bits per heavy atom. The molecule has 1 fully saturated rings. The number of phenols is 1. The molecule has 1 saturated heterocycles. The highest BCUT2D eigenvalue weighted by Crippen LogP contribution is 2.20. The minimum absolute atomic E-state index is 0.324. The molecule has 12 heavy (non-hydrogen) atoms. The molecule has 3 heteroatoms. The molecule has 0 aromatic heterocycles. The van der Waals surface area contributed by atoms with Crippen LogP contribution >= 0.6 is 0 Å². The van der Waals surface area contributed by atoms with Crippen LogP contribution in [0.5, 0.6) is 5.75 Å². The predicted molar refractivity (Wildman–Crippen MR) is 46.6 cm³/mol. The van der Waals surface area contributed by atoms with Crippen molar-refractivity contribution in [1.82, 2.24) is 10.9 Å². The summed E-state index contributed by atoms with van der Waals surface area (Å²) in [6.45, 7) is 1.01. The molecule has 1 aromatic carbocycles. The van der Waals surface area contributed by atoms with E-state index < -0.39 is 0 Å². The summed E-state index contributed by atoms with van der Waals surface area (Å²) in [6, 6.07) is 7.72. The van der Waals surface area contributed by atoms with Gasteiger partial charge in [0, 0.05) is 12.6 Å². The van der Waals surface area contributed by atoms with Crippen LogP contribution in [0.4, 0.5) is 0 Å². The Morgan fingerprint density at radius 1 is 1.25 bits per heavy atom. The highest BCUT2D eigenvalue weighted by atomic mass is 16.3. The van der Waals surface area contributed by atoms with Crippen LogP contribution < -0.4 is 10.9 Å². The first kappa shape index (κ1) is 7.58. The van der Waals surface area contributed by atoms with Crippen LogP contribution in [0.2, 0.25) is 0 Å². The van der Waals surface area contributed by atoms with Gasteiger partial charge in [0.1, 0.15) is 5.75 Å². The maximum atomic E-state index is 9.06. The average molecular weight is 164 g/mol. The van der Waals surface area contributed by atoms with Gasteiger partial charge in [-0.3, -0.25) is 10.9 Å². The standard InChI is InChI=1S/C9H12N2O/c12-8-3-1-7(2-4-8)9-5-6-10-11-9/h1-4,9-12H,5-6H2. The van der Waals surface area contributed by atoms with Crippen LogP contribution in [0.1, 0.15) is 18.0 Å². The minimum Gasteiger partial charge on any atom is -0.508 e. The number of hydrazine groups is 1. The van der Waals surface area contributed by atoms with Crippen molar-refractivity contribution in [2.75, 3.05) is 6.54 Å². The first-order chi connectivity index (χ1) is 5.86. The maximum absolute atomic E-state index is 9.06. The van der Waals surface area contributed by atoms with E-state index in [1.165, 1.54) is 5.56 Å². The van der Waals surface area contributed by atoms with Crippen molar-refractivity contribution in [2.24, 2.45) is 0 Å². The SMILES string of the molecule is Oc1ccc(C2CCNN2)cc1. The molecule has 1 unspecified atom stereocenters. The topological polar surface area (TPSA) is 44.3 Å². The van der Waals surface area contributed by atoms with E-state index in [9.17, 15) is 0 Å². The molecule has 2 rings (SSSR count). The van der Waals surface area contributed by atoms with E-state index in [4.69, 9.17) is 5.11 Å².